The average Bonchev–Trinajstić information content (AvgIpc) is 2.92. The molecule has 24 heavy (non-hydrogen) atoms. The summed E-state index contributed by atoms with van der Waals surface area (Å²) in [6, 6.07) is 6.78. The minimum Gasteiger partial charge on any atom is -0.494 e. The average molecular weight is 356 g/mol. The van der Waals surface area contributed by atoms with Crippen LogP contribution in [0.2, 0.25) is 0 Å². The van der Waals surface area contributed by atoms with Crippen molar-refractivity contribution >= 4 is 21.7 Å². The molecule has 0 bridgehead atoms. The van der Waals surface area contributed by atoms with Crippen molar-refractivity contribution in [2.24, 2.45) is 5.92 Å². The van der Waals surface area contributed by atoms with Gasteiger partial charge in [0.25, 0.3) is 5.91 Å². The van der Waals surface area contributed by atoms with Gasteiger partial charge >= 0.3 is 0 Å². The van der Waals surface area contributed by atoms with Gasteiger partial charge in [-0.05, 0) is 37.6 Å². The first-order chi connectivity index (χ1) is 11.4. The standard InChI is InChI=1S/C15H20N2O6S/c1-2-22-12-3-5-13(6-4-12)23-9-14(18)16-17-15(19)11-7-8-24(20,21)10-11/h3-6,11H,2,7-10H2,1H3,(H,16,18)(H,17,19)/t11-/m1/s1. The first-order valence-electron chi connectivity index (χ1n) is 7.54. The molecule has 0 aromatic heterocycles. The Labute approximate surface area is 140 Å². The number of benzene rings is 1. The lowest BCUT2D eigenvalue weighted by molar-refractivity contribution is -0.131. The number of carbonyl (C=O) groups is 2. The van der Waals surface area contributed by atoms with Crippen LogP contribution >= 0.6 is 0 Å². The maximum absolute atomic E-state index is 11.8. The summed E-state index contributed by atoms with van der Waals surface area (Å²) in [5.74, 6) is -0.669. The number of hydrazine groups is 1. The first kappa shape index (κ1) is 18.1. The van der Waals surface area contributed by atoms with Crippen LogP contribution in [0.1, 0.15) is 13.3 Å². The van der Waals surface area contributed by atoms with E-state index in [0.29, 0.717) is 18.1 Å². The molecule has 0 aliphatic carbocycles. The van der Waals surface area contributed by atoms with Gasteiger partial charge in [-0.3, -0.25) is 20.4 Å². The fourth-order valence-corrected chi connectivity index (χ4v) is 3.96. The minimum absolute atomic E-state index is 0.000114. The highest BCUT2D eigenvalue weighted by Crippen LogP contribution is 2.18. The molecule has 0 radical (unpaired) electrons. The molecule has 2 N–H and O–H groups in total. The first-order valence-corrected chi connectivity index (χ1v) is 9.36. The summed E-state index contributed by atoms with van der Waals surface area (Å²) in [5.41, 5.74) is 4.43. The fourth-order valence-electron chi connectivity index (χ4n) is 2.22. The normalized spacial score (nSPS) is 18.6. The topological polar surface area (TPSA) is 111 Å². The molecule has 1 aromatic rings. The molecule has 1 fully saturated rings. The van der Waals surface area contributed by atoms with Crippen LogP contribution in [-0.4, -0.2) is 45.0 Å². The van der Waals surface area contributed by atoms with E-state index in [1.165, 1.54) is 0 Å². The Balaban J connectivity index is 1.70. The number of hydrogen-bond donors (Lipinski definition) is 2. The van der Waals surface area contributed by atoms with E-state index in [1.54, 1.807) is 24.3 Å². The molecule has 0 spiro atoms. The highest BCUT2D eigenvalue weighted by molar-refractivity contribution is 7.91. The summed E-state index contributed by atoms with van der Waals surface area (Å²) in [6.07, 6.45) is 0.271. The Morgan fingerprint density at radius 1 is 1.12 bits per heavy atom. The van der Waals surface area contributed by atoms with Crippen molar-refractivity contribution < 1.29 is 27.5 Å². The van der Waals surface area contributed by atoms with Gasteiger partial charge in [0.1, 0.15) is 11.5 Å². The molecule has 1 aromatic carbocycles. The number of amides is 2. The highest BCUT2D eigenvalue weighted by atomic mass is 32.2. The van der Waals surface area contributed by atoms with Crippen molar-refractivity contribution in [3.63, 3.8) is 0 Å². The third kappa shape index (κ3) is 5.41. The monoisotopic (exact) mass is 356 g/mol. The third-order valence-corrected chi connectivity index (χ3v) is 5.20. The van der Waals surface area contributed by atoms with Crippen LogP contribution in [0.4, 0.5) is 0 Å². The number of sulfone groups is 1. The quantitative estimate of drug-likeness (QED) is 0.697. The lowest BCUT2D eigenvalue weighted by atomic mass is 10.1. The van der Waals surface area contributed by atoms with Crippen molar-refractivity contribution in [2.75, 3.05) is 24.7 Å². The molecule has 132 valence electrons. The second kappa shape index (κ2) is 8.00. The molecule has 9 heteroatoms. The van der Waals surface area contributed by atoms with Crippen LogP contribution in [0, 0.1) is 5.92 Å². The molecule has 0 saturated carbocycles. The predicted molar refractivity (Wildman–Crippen MR) is 86.2 cm³/mol. The second-order valence-electron chi connectivity index (χ2n) is 5.33. The van der Waals surface area contributed by atoms with Crippen molar-refractivity contribution in [1.29, 1.82) is 0 Å². The summed E-state index contributed by atoms with van der Waals surface area (Å²) in [7, 11) is -3.14. The van der Waals surface area contributed by atoms with Crippen molar-refractivity contribution in [3.8, 4) is 11.5 Å². The van der Waals surface area contributed by atoms with E-state index in [-0.39, 0.29) is 24.5 Å². The third-order valence-electron chi connectivity index (χ3n) is 3.43. The molecular formula is C15H20N2O6S. The zero-order valence-electron chi connectivity index (χ0n) is 13.3. The summed E-state index contributed by atoms with van der Waals surface area (Å²) in [5, 5.41) is 0. The Morgan fingerprint density at radius 3 is 2.29 bits per heavy atom. The Kier molecular flexibility index (Phi) is 6.02. The number of carbonyl (C=O) groups excluding carboxylic acids is 2. The molecule has 1 heterocycles. The van der Waals surface area contributed by atoms with Gasteiger partial charge in [0, 0.05) is 0 Å². The maximum atomic E-state index is 11.8. The molecule has 1 saturated heterocycles. The summed E-state index contributed by atoms with van der Waals surface area (Å²) < 4.78 is 33.2. The van der Waals surface area contributed by atoms with Crippen LogP contribution in [0.15, 0.2) is 24.3 Å². The van der Waals surface area contributed by atoms with E-state index in [1.807, 2.05) is 6.92 Å². The zero-order valence-corrected chi connectivity index (χ0v) is 14.1. The van der Waals surface area contributed by atoms with Crippen LogP contribution < -0.4 is 20.3 Å². The lowest BCUT2D eigenvalue weighted by Crippen LogP contribution is -2.46. The van der Waals surface area contributed by atoms with Crippen LogP contribution in [0.25, 0.3) is 0 Å². The van der Waals surface area contributed by atoms with E-state index in [0.717, 1.165) is 0 Å². The largest absolute Gasteiger partial charge is 0.494 e. The summed E-state index contributed by atoms with van der Waals surface area (Å²) in [4.78, 5) is 23.4. The van der Waals surface area contributed by atoms with Crippen molar-refractivity contribution in [1.82, 2.24) is 10.9 Å². The van der Waals surface area contributed by atoms with Gasteiger partial charge < -0.3 is 9.47 Å². The van der Waals surface area contributed by atoms with Gasteiger partial charge in [-0.15, -0.1) is 0 Å². The van der Waals surface area contributed by atoms with E-state index in [4.69, 9.17) is 9.47 Å². The Hall–Kier alpha value is -2.29. The molecule has 2 amide bonds. The van der Waals surface area contributed by atoms with Gasteiger partial charge in [-0.25, -0.2) is 8.42 Å². The van der Waals surface area contributed by atoms with Crippen molar-refractivity contribution in [2.45, 2.75) is 13.3 Å². The van der Waals surface area contributed by atoms with Crippen LogP contribution in [0.3, 0.4) is 0 Å². The van der Waals surface area contributed by atoms with E-state index >= 15 is 0 Å². The molecular weight excluding hydrogens is 336 g/mol. The van der Waals surface area contributed by atoms with E-state index in [2.05, 4.69) is 10.9 Å². The van der Waals surface area contributed by atoms with Crippen LogP contribution in [-0.2, 0) is 19.4 Å². The second-order valence-corrected chi connectivity index (χ2v) is 7.56. The minimum atomic E-state index is -3.14. The fraction of sp³-hybridized carbons (Fsp3) is 0.467. The van der Waals surface area contributed by atoms with Gasteiger partial charge in [0.05, 0.1) is 24.0 Å². The number of nitrogens with one attached hydrogen (secondary N) is 2. The van der Waals surface area contributed by atoms with E-state index < -0.39 is 27.6 Å². The Bertz CT molecular complexity index is 686. The molecule has 8 nitrogen and oxygen atoms in total. The van der Waals surface area contributed by atoms with Crippen molar-refractivity contribution in [3.05, 3.63) is 24.3 Å². The number of hydrogen-bond acceptors (Lipinski definition) is 6. The highest BCUT2D eigenvalue weighted by Gasteiger charge is 2.33. The number of rotatable bonds is 6. The smallest absolute Gasteiger partial charge is 0.276 e. The molecule has 1 atom stereocenters. The predicted octanol–water partition coefficient (Wildman–Crippen LogP) is 0.0462. The molecule has 1 aliphatic heterocycles. The molecule has 2 rings (SSSR count). The zero-order chi connectivity index (χ0) is 17.6. The molecule has 0 unspecified atom stereocenters. The number of ether oxygens (including phenoxy) is 2. The SMILES string of the molecule is CCOc1ccc(OCC(=O)NNC(=O)[C@@H]2CCS(=O)(=O)C2)cc1. The molecule has 1 aliphatic rings. The van der Waals surface area contributed by atoms with E-state index in [9.17, 15) is 18.0 Å². The van der Waals surface area contributed by atoms with Gasteiger partial charge in [0.2, 0.25) is 5.91 Å². The van der Waals surface area contributed by atoms with Crippen LogP contribution in [0.5, 0.6) is 11.5 Å². The summed E-state index contributed by atoms with van der Waals surface area (Å²) >= 11 is 0. The Morgan fingerprint density at radius 2 is 1.75 bits per heavy atom. The summed E-state index contributed by atoms with van der Waals surface area (Å²) in [6.45, 7) is 2.16. The van der Waals surface area contributed by atoms with Gasteiger partial charge in [-0.2, -0.15) is 0 Å². The van der Waals surface area contributed by atoms with Gasteiger partial charge in [0.15, 0.2) is 16.4 Å². The lowest BCUT2D eigenvalue weighted by Gasteiger charge is -2.11. The maximum Gasteiger partial charge on any atom is 0.276 e. The van der Waals surface area contributed by atoms with Gasteiger partial charge in [-0.1, -0.05) is 0 Å².